The first kappa shape index (κ1) is 28.5. The van der Waals surface area contributed by atoms with Crippen molar-refractivity contribution in [1.82, 2.24) is 19.9 Å². The molecule has 0 bridgehead atoms. The fraction of sp³-hybridized carbons (Fsp3) is 0.345. The third-order valence-electron chi connectivity index (χ3n) is 7.44. The summed E-state index contributed by atoms with van der Waals surface area (Å²) in [4.78, 5) is 29.3. The molecule has 216 valence electrons. The molecule has 0 saturated carbocycles. The van der Waals surface area contributed by atoms with Crippen LogP contribution in [0.25, 0.3) is 22.2 Å². The smallest absolute Gasteiger partial charge is 0.418 e. The third kappa shape index (κ3) is 5.35. The Labute approximate surface area is 232 Å². The van der Waals surface area contributed by atoms with E-state index in [4.69, 9.17) is 4.74 Å². The number of nitrogens with one attached hydrogen (secondary N) is 1. The molecule has 1 fully saturated rings. The topological polar surface area (TPSA) is 74.3 Å². The Kier molecular flexibility index (Phi) is 7.45. The summed E-state index contributed by atoms with van der Waals surface area (Å²) in [6.07, 6.45) is -2.60. The van der Waals surface area contributed by atoms with Crippen LogP contribution in [0.4, 0.5) is 27.8 Å². The minimum absolute atomic E-state index is 0.0237. The molecule has 0 amide bonds. The van der Waals surface area contributed by atoms with Crippen LogP contribution in [-0.2, 0) is 6.18 Å². The number of hydrogen-bond donors (Lipinski definition) is 1. The Hall–Kier alpha value is -4.06. The normalized spacial score (nSPS) is 14.7. The van der Waals surface area contributed by atoms with Crippen molar-refractivity contribution in [2.75, 3.05) is 31.1 Å². The molecule has 1 saturated heterocycles. The third-order valence-corrected chi connectivity index (χ3v) is 7.44. The maximum atomic E-state index is 14.2. The van der Waals surface area contributed by atoms with Gasteiger partial charge in [0.05, 0.1) is 27.7 Å². The van der Waals surface area contributed by atoms with Gasteiger partial charge in [0.25, 0.3) is 0 Å². The number of hydrogen-bond acceptors (Lipinski definition) is 6. The van der Waals surface area contributed by atoms with Gasteiger partial charge in [-0.25, -0.2) is 18.7 Å². The molecular formula is C29H28F5N5O2. The molecule has 4 aromatic rings. The number of halogens is 5. The number of alkyl halides is 3. The number of anilines is 1. The summed E-state index contributed by atoms with van der Waals surface area (Å²) in [6, 6.07) is 5.16. The average Bonchev–Trinajstić information content (AvgIpc) is 2.92. The van der Waals surface area contributed by atoms with E-state index in [1.54, 1.807) is 6.07 Å². The number of H-pyrrole nitrogens is 1. The molecule has 0 radical (unpaired) electrons. The molecule has 3 aromatic heterocycles. The number of rotatable bonds is 5. The van der Waals surface area contributed by atoms with Crippen LogP contribution in [0.2, 0.25) is 0 Å². The largest absolute Gasteiger partial charge is 0.438 e. The minimum atomic E-state index is -4.74. The van der Waals surface area contributed by atoms with E-state index in [1.165, 1.54) is 26.1 Å². The number of aromatic nitrogens is 3. The van der Waals surface area contributed by atoms with Crippen molar-refractivity contribution in [3.8, 4) is 22.9 Å². The molecule has 0 spiro atoms. The maximum Gasteiger partial charge on any atom is 0.418 e. The molecule has 1 aliphatic rings. The predicted octanol–water partition coefficient (Wildman–Crippen LogP) is 6.22. The molecule has 5 rings (SSSR count). The highest BCUT2D eigenvalue weighted by Crippen LogP contribution is 2.41. The van der Waals surface area contributed by atoms with Gasteiger partial charge in [-0.15, -0.1) is 0 Å². The van der Waals surface area contributed by atoms with Crippen LogP contribution in [0.5, 0.6) is 11.6 Å². The maximum absolute atomic E-state index is 14.2. The second-order valence-electron chi connectivity index (χ2n) is 10.3. The van der Waals surface area contributed by atoms with Crippen LogP contribution >= 0.6 is 0 Å². The highest BCUT2D eigenvalue weighted by Gasteiger charge is 2.35. The van der Waals surface area contributed by atoms with Crippen molar-refractivity contribution < 1.29 is 26.7 Å². The minimum Gasteiger partial charge on any atom is -0.438 e. The van der Waals surface area contributed by atoms with Crippen LogP contribution in [0, 0.1) is 25.5 Å². The molecule has 0 atom stereocenters. The van der Waals surface area contributed by atoms with E-state index >= 15 is 0 Å². The summed E-state index contributed by atoms with van der Waals surface area (Å²) in [7, 11) is 0. The van der Waals surface area contributed by atoms with Crippen LogP contribution < -0.4 is 15.1 Å². The van der Waals surface area contributed by atoms with Gasteiger partial charge in [-0.1, -0.05) is 0 Å². The highest BCUT2D eigenvalue weighted by atomic mass is 19.4. The first-order valence-electron chi connectivity index (χ1n) is 13.1. The molecular weight excluding hydrogens is 545 g/mol. The van der Waals surface area contributed by atoms with Gasteiger partial charge in [0.15, 0.2) is 17.1 Å². The summed E-state index contributed by atoms with van der Waals surface area (Å²) in [6.45, 7) is 9.66. The zero-order chi connectivity index (χ0) is 29.6. The van der Waals surface area contributed by atoms with Gasteiger partial charge in [-0.05, 0) is 51.5 Å². The molecule has 4 heterocycles. The lowest BCUT2D eigenvalue weighted by Crippen LogP contribution is -2.49. The number of piperazine rings is 1. The lowest BCUT2D eigenvalue weighted by atomic mass is 10.0. The molecule has 1 aromatic carbocycles. The van der Waals surface area contributed by atoms with E-state index < -0.39 is 28.8 Å². The molecule has 1 aliphatic heterocycles. The van der Waals surface area contributed by atoms with Gasteiger partial charge in [-0.2, -0.15) is 13.2 Å². The molecule has 7 nitrogen and oxygen atoms in total. The Balaban J connectivity index is 1.64. The van der Waals surface area contributed by atoms with Crippen molar-refractivity contribution in [1.29, 1.82) is 0 Å². The molecule has 1 N–H and O–H groups in total. The van der Waals surface area contributed by atoms with Crippen LogP contribution in [0.3, 0.4) is 0 Å². The fourth-order valence-corrected chi connectivity index (χ4v) is 5.12. The number of benzene rings is 1. The Bertz CT molecular complexity index is 1680. The van der Waals surface area contributed by atoms with Crippen molar-refractivity contribution in [3.63, 3.8) is 0 Å². The van der Waals surface area contributed by atoms with Crippen molar-refractivity contribution in [3.05, 3.63) is 75.2 Å². The van der Waals surface area contributed by atoms with Gasteiger partial charge in [0.2, 0.25) is 5.88 Å². The zero-order valence-electron chi connectivity index (χ0n) is 22.9. The van der Waals surface area contributed by atoms with Crippen LogP contribution in [-0.4, -0.2) is 52.1 Å². The van der Waals surface area contributed by atoms with Crippen molar-refractivity contribution >= 4 is 16.7 Å². The number of pyridine rings is 3. The van der Waals surface area contributed by atoms with Gasteiger partial charge >= 0.3 is 6.18 Å². The summed E-state index contributed by atoms with van der Waals surface area (Å²) in [5.41, 5.74) is -1.65. The van der Waals surface area contributed by atoms with Gasteiger partial charge < -0.3 is 14.6 Å². The Morgan fingerprint density at radius 3 is 2.37 bits per heavy atom. The monoisotopic (exact) mass is 573 g/mol. The first-order chi connectivity index (χ1) is 19.4. The lowest BCUT2D eigenvalue weighted by molar-refractivity contribution is -0.138. The number of aromatic amines is 1. The second kappa shape index (κ2) is 10.7. The SMILES string of the molecule is Cc1c(Oc2ncc(C(F)(F)F)c(C)c2-c2cc(=O)c3c(N4CCN(C(C)C)CC4)nccc3[nH]2)ccc(F)c1F. The van der Waals surface area contributed by atoms with Crippen molar-refractivity contribution in [2.24, 2.45) is 0 Å². The van der Waals surface area contributed by atoms with Crippen LogP contribution in [0.15, 0.2) is 41.5 Å². The van der Waals surface area contributed by atoms with E-state index in [9.17, 15) is 26.7 Å². The summed E-state index contributed by atoms with van der Waals surface area (Å²) >= 11 is 0. The Morgan fingerprint density at radius 1 is 1.00 bits per heavy atom. The summed E-state index contributed by atoms with van der Waals surface area (Å²) < 4.78 is 75.3. The fourth-order valence-electron chi connectivity index (χ4n) is 5.12. The second-order valence-corrected chi connectivity index (χ2v) is 10.3. The van der Waals surface area contributed by atoms with Crippen molar-refractivity contribution in [2.45, 2.75) is 39.9 Å². The number of ether oxygens (including phenoxy) is 1. The van der Waals surface area contributed by atoms with Crippen LogP contribution in [0.1, 0.15) is 30.5 Å². The quantitative estimate of drug-likeness (QED) is 0.286. The Morgan fingerprint density at radius 2 is 1.71 bits per heavy atom. The molecule has 41 heavy (non-hydrogen) atoms. The van der Waals surface area contributed by atoms with Gasteiger partial charge in [0, 0.05) is 56.2 Å². The van der Waals surface area contributed by atoms with Gasteiger partial charge in [-0.3, -0.25) is 9.69 Å². The zero-order valence-corrected chi connectivity index (χ0v) is 22.9. The van der Waals surface area contributed by atoms with E-state index in [2.05, 4.69) is 33.7 Å². The standard InChI is InChI=1S/C29H28F5N5O2/c1-15(2)38-9-11-39(12-10-38)27-25-20(7-8-35-27)37-21(13-22(25)40)24-16(3)18(29(32,33)34)14-36-28(24)41-23-6-5-19(30)26(31)17(23)4/h5-8,13-15H,9-12H2,1-4H3,(H,37,40). The highest BCUT2D eigenvalue weighted by molar-refractivity contribution is 5.91. The molecule has 0 unspecified atom stereocenters. The summed E-state index contributed by atoms with van der Waals surface area (Å²) in [5.74, 6) is -2.20. The summed E-state index contributed by atoms with van der Waals surface area (Å²) in [5, 5.41) is 0.311. The van der Waals surface area contributed by atoms with E-state index in [-0.39, 0.29) is 34.0 Å². The first-order valence-corrected chi connectivity index (χ1v) is 13.1. The lowest BCUT2D eigenvalue weighted by Gasteiger charge is -2.37. The number of nitrogens with zero attached hydrogens (tertiary/aromatic N) is 4. The van der Waals surface area contributed by atoms with Gasteiger partial charge in [0.1, 0.15) is 11.6 Å². The average molecular weight is 574 g/mol. The predicted molar refractivity (Wildman–Crippen MR) is 145 cm³/mol. The molecule has 0 aliphatic carbocycles. The molecule has 12 heteroatoms. The van der Waals surface area contributed by atoms with E-state index in [1.807, 2.05) is 4.90 Å². The van der Waals surface area contributed by atoms with E-state index in [0.29, 0.717) is 42.0 Å². The number of fused-ring (bicyclic) bond motifs is 1. The van der Waals surface area contributed by atoms with E-state index in [0.717, 1.165) is 25.2 Å².